The Labute approximate surface area is 571 Å². The minimum Gasteiger partial charge on any atom is -0.370 e. The maximum absolute atomic E-state index is 15.2. The highest BCUT2D eigenvalue weighted by molar-refractivity contribution is 6.04. The lowest BCUT2D eigenvalue weighted by molar-refractivity contribution is -0.138. The van der Waals surface area contributed by atoms with Crippen molar-refractivity contribution in [2.75, 3.05) is 26.2 Å². The van der Waals surface area contributed by atoms with Crippen LogP contribution in [0.15, 0.2) is 41.1 Å². The Kier molecular flexibility index (Phi) is 33.1. The lowest BCUT2D eigenvalue weighted by Crippen LogP contribution is -2.59. The molecular formula is C70H111N13O14. The van der Waals surface area contributed by atoms with Gasteiger partial charge in [-0.1, -0.05) is 112 Å². The number of allylic oxidation sites excluding steroid dienone is 4. The fourth-order valence-electron chi connectivity index (χ4n) is 13.2. The van der Waals surface area contributed by atoms with E-state index in [9.17, 15) is 43.2 Å². The molecule has 540 valence electrons. The van der Waals surface area contributed by atoms with E-state index >= 15 is 24.0 Å². The number of rotatable bonds is 25. The second-order valence-corrected chi connectivity index (χ2v) is 29.1. The Bertz CT molecular complexity index is 2970. The molecule has 97 heavy (non-hydrogen) atoms. The first-order chi connectivity index (χ1) is 45.6. The van der Waals surface area contributed by atoms with Crippen molar-refractivity contribution in [1.82, 2.24) is 36.8 Å². The molecule has 16 N–H and O–H groups in total. The third-order valence-electron chi connectivity index (χ3n) is 18.7. The molecule has 0 aromatic rings. The van der Waals surface area contributed by atoms with Crippen LogP contribution in [0.3, 0.4) is 0 Å². The van der Waals surface area contributed by atoms with Crippen LogP contribution in [-0.4, -0.2) is 149 Å². The largest absolute Gasteiger partial charge is 0.370 e. The smallest absolute Gasteiger partial charge is 0.312 e. The number of carbonyl (C=O) groups excluding carboxylic acids is 14. The van der Waals surface area contributed by atoms with Crippen molar-refractivity contribution in [1.29, 1.82) is 0 Å². The van der Waals surface area contributed by atoms with E-state index in [-0.39, 0.29) is 94.5 Å². The third-order valence-corrected chi connectivity index (χ3v) is 18.7. The number of primary amides is 5. The molecule has 0 aromatic carbocycles. The van der Waals surface area contributed by atoms with E-state index in [1.165, 1.54) is 0 Å². The van der Waals surface area contributed by atoms with Gasteiger partial charge in [-0.05, 0) is 100 Å². The fourth-order valence-corrected chi connectivity index (χ4v) is 13.2. The first kappa shape index (κ1) is 81.5. The Morgan fingerprint density at radius 1 is 0.639 bits per heavy atom. The summed E-state index contributed by atoms with van der Waals surface area (Å²) in [6.45, 7) is 15.5. The van der Waals surface area contributed by atoms with Crippen LogP contribution in [0.4, 0.5) is 4.79 Å². The van der Waals surface area contributed by atoms with Crippen molar-refractivity contribution in [3.05, 3.63) is 36.1 Å². The Hall–Kier alpha value is -7.97. The van der Waals surface area contributed by atoms with Gasteiger partial charge in [-0.3, -0.25) is 67.3 Å². The van der Waals surface area contributed by atoms with Crippen LogP contribution in [0.1, 0.15) is 203 Å². The normalized spacial score (nSPS) is 26.1. The van der Waals surface area contributed by atoms with Crippen LogP contribution < -0.4 is 60.6 Å². The van der Waals surface area contributed by atoms with E-state index in [4.69, 9.17) is 28.7 Å². The zero-order chi connectivity index (χ0) is 72.3. The summed E-state index contributed by atoms with van der Waals surface area (Å²) in [7, 11) is 0. The number of fused-ring (bicyclic) bond motifs is 3. The van der Waals surface area contributed by atoms with Gasteiger partial charge in [-0.15, -0.1) is 0 Å². The Balaban J connectivity index is 1.82. The number of ketones is 4. The molecule has 2 saturated heterocycles. The number of nitrogens with two attached hydrogens (primary N) is 5. The van der Waals surface area contributed by atoms with Gasteiger partial charge in [0.2, 0.25) is 53.2 Å². The number of amides is 11. The second kappa shape index (κ2) is 39.4. The molecule has 4 aliphatic rings. The van der Waals surface area contributed by atoms with Crippen LogP contribution >= 0.6 is 0 Å². The van der Waals surface area contributed by atoms with Crippen molar-refractivity contribution in [2.24, 2.45) is 86.4 Å². The summed E-state index contributed by atoms with van der Waals surface area (Å²) in [6, 6.07) is -6.23. The topological polar surface area (TPSA) is 457 Å². The van der Waals surface area contributed by atoms with Gasteiger partial charge >= 0.3 is 6.03 Å². The highest BCUT2D eigenvalue weighted by Crippen LogP contribution is 2.33. The lowest BCUT2D eigenvalue weighted by atomic mass is 9.82. The molecule has 0 aromatic heterocycles. The van der Waals surface area contributed by atoms with Gasteiger partial charge in [0.25, 0.3) is 0 Å². The first-order valence-corrected chi connectivity index (χ1v) is 34.8. The van der Waals surface area contributed by atoms with Crippen LogP contribution in [0.25, 0.3) is 0 Å². The van der Waals surface area contributed by atoms with Crippen LogP contribution in [0.5, 0.6) is 0 Å². The predicted molar refractivity (Wildman–Crippen MR) is 365 cm³/mol. The summed E-state index contributed by atoms with van der Waals surface area (Å²) in [5.74, 6) is -14.7. The average Bonchev–Trinajstić information content (AvgIpc) is 1.72. The van der Waals surface area contributed by atoms with Gasteiger partial charge in [0.05, 0.1) is 36.7 Å². The number of aliphatic imine (C=N–C) groups is 1. The molecule has 2 unspecified atom stereocenters. The van der Waals surface area contributed by atoms with Gasteiger partial charge in [0.1, 0.15) is 11.6 Å². The molecule has 27 heteroatoms. The Morgan fingerprint density at radius 3 is 1.81 bits per heavy atom. The van der Waals surface area contributed by atoms with Crippen molar-refractivity contribution in [3.8, 4) is 0 Å². The molecule has 1 aliphatic carbocycles. The van der Waals surface area contributed by atoms with Gasteiger partial charge in [0, 0.05) is 92.9 Å². The number of hydrogen-bond acceptors (Lipinski definition) is 16. The highest BCUT2D eigenvalue weighted by Gasteiger charge is 2.48. The zero-order valence-corrected chi connectivity index (χ0v) is 58.4. The second-order valence-electron chi connectivity index (χ2n) is 29.1. The quantitative estimate of drug-likeness (QED) is 0.0583. The number of Topliss-reactive ketones (excluding diaryl/α,β-unsaturated/α-hetero) is 4. The van der Waals surface area contributed by atoms with E-state index in [0.29, 0.717) is 37.2 Å². The first-order valence-electron chi connectivity index (χ1n) is 34.8. The van der Waals surface area contributed by atoms with Crippen molar-refractivity contribution >= 4 is 88.0 Å². The van der Waals surface area contributed by atoms with Gasteiger partial charge in [0.15, 0.2) is 23.1 Å². The van der Waals surface area contributed by atoms with Gasteiger partial charge < -0.3 is 65.5 Å². The number of nitrogens with one attached hydrogen (secondary N) is 6. The third kappa shape index (κ3) is 27.8. The molecule has 3 aliphatic heterocycles. The summed E-state index contributed by atoms with van der Waals surface area (Å²) in [4.78, 5) is 200. The fraction of sp³-hybridized carbons (Fsp3) is 0.700. The summed E-state index contributed by atoms with van der Waals surface area (Å²) < 4.78 is 0. The van der Waals surface area contributed by atoms with Gasteiger partial charge in [-0.2, -0.15) is 0 Å². The summed E-state index contributed by atoms with van der Waals surface area (Å²) in [6.07, 6.45) is 12.0. The minimum atomic E-state index is -1.63. The molecule has 3 heterocycles. The van der Waals surface area contributed by atoms with E-state index in [2.05, 4.69) is 36.9 Å². The molecule has 11 atom stereocenters. The van der Waals surface area contributed by atoms with E-state index in [1.54, 1.807) is 20.0 Å². The van der Waals surface area contributed by atoms with E-state index < -0.39 is 180 Å². The zero-order valence-electron chi connectivity index (χ0n) is 58.4. The maximum Gasteiger partial charge on any atom is 0.312 e. The maximum atomic E-state index is 15.2. The highest BCUT2D eigenvalue weighted by atomic mass is 16.2. The monoisotopic (exact) mass is 1360 g/mol. The van der Waals surface area contributed by atoms with E-state index in [0.717, 1.165) is 38.5 Å². The molecule has 2 fully saturated rings. The van der Waals surface area contributed by atoms with Crippen molar-refractivity contribution in [3.63, 3.8) is 0 Å². The van der Waals surface area contributed by atoms with Crippen LogP contribution in [0, 0.1) is 52.8 Å². The van der Waals surface area contributed by atoms with Crippen LogP contribution in [0.2, 0.25) is 0 Å². The minimum absolute atomic E-state index is 0.0116. The Morgan fingerprint density at radius 2 is 1.22 bits per heavy atom. The molecule has 27 nitrogen and oxygen atoms in total. The number of hydrogen-bond donors (Lipinski definition) is 11. The molecule has 4 rings (SSSR count). The summed E-state index contributed by atoms with van der Waals surface area (Å²) in [5.41, 5.74) is 26.2. The molecular weight excluding hydrogens is 1250 g/mol. The summed E-state index contributed by atoms with van der Waals surface area (Å²) in [5, 5.41) is 16.6. The standard InChI is InChI=1S/C70H111N13O14/c1-41(2)29-46-34-57(86)53(37-60(72)89)81-67(96)69(7,8)24-16-12-10-9-11-13-17-27-83-28-25-70(40-83,58(87)36-45(22-23-59(71)88)64(93)80-54(62(74)91)38-61(73)90)82-66(95)47(30-42(3)4)35-56(85)51(31-43(5)6)78-63(92)44(19-18-26-76-68(75)97)33-55(84)52(79-65(46)94)32-48-39-77-50-21-15-14-20-49(48)50/h14-15,20-21,39,41-47,49,51-54H,9-13,16-19,22-38,40H2,1-8H3,(H2,71,88)(H2,72,89)(H2,73,90)(H2,74,91)(H,78,92)(H,79,94)(H,80,93)(H,81,96)(H,82,95)(H3,75,76,97)/t44-,45-,46-,47-,49?,51+,52+,53+,54+,70+/m1/s1. The lowest BCUT2D eigenvalue weighted by Gasteiger charge is -2.33. The molecule has 2 bridgehead atoms. The average molecular weight is 1360 g/mol. The SMILES string of the molecule is CC(C)C[C@@H]1CC(=O)[C@H](CC(N)=O)NC(=O)C(C)(C)CCCCCCCCCN2CC[C@@](C(=O)C[C@@H](CCC(N)=O)C(=O)N[C@@H](CC(N)=O)C(N)=O)(C2)NC(=O)[C@H](CC(C)C)CC(=O)[C@H](CC(C)C)NC(=O)[C@H](CCCNC(N)=O)CC(=O)[C@H](CC2=CN=C3C=CC=CC23)NC1=O. The molecule has 0 spiro atoms. The van der Waals surface area contributed by atoms with Crippen LogP contribution in [-0.2, 0) is 62.3 Å². The molecule has 0 radical (unpaired) electrons. The number of carbonyl (C=O) groups is 14. The summed E-state index contributed by atoms with van der Waals surface area (Å²) >= 11 is 0. The molecule has 0 saturated carbocycles. The van der Waals surface area contributed by atoms with E-state index in [1.807, 2.05) is 70.7 Å². The van der Waals surface area contributed by atoms with Crippen molar-refractivity contribution in [2.45, 2.75) is 233 Å². The molecule has 11 amide bonds. The predicted octanol–water partition coefficient (Wildman–Crippen LogP) is 3.51. The van der Waals surface area contributed by atoms with Gasteiger partial charge in [-0.25, -0.2) is 4.79 Å². The number of urea groups is 1. The number of nitrogens with zero attached hydrogens (tertiary/aromatic N) is 2. The van der Waals surface area contributed by atoms with Crippen molar-refractivity contribution < 1.29 is 67.1 Å².